The molecule has 0 spiro atoms. The number of ether oxygens (including phenoxy) is 1. The van der Waals surface area contributed by atoms with Gasteiger partial charge in [-0.15, -0.1) is 0 Å². The average Bonchev–Trinajstić information content (AvgIpc) is 2.92. The fourth-order valence-corrected chi connectivity index (χ4v) is 4.97. The number of nitrogens with zero attached hydrogens (tertiary/aromatic N) is 4. The minimum Gasteiger partial charge on any atom is -0.491 e. The van der Waals surface area contributed by atoms with Crippen molar-refractivity contribution in [1.82, 2.24) is 14.8 Å². The van der Waals surface area contributed by atoms with Gasteiger partial charge in [-0.1, -0.05) is 35.3 Å². The Morgan fingerprint density at radius 2 is 1.89 bits per heavy atom. The number of hydrogen-bond acceptors (Lipinski definition) is 7. The Kier molecular flexibility index (Phi) is 9.46. The van der Waals surface area contributed by atoms with Crippen molar-refractivity contribution in [2.75, 3.05) is 58.4 Å². The van der Waals surface area contributed by atoms with Crippen LogP contribution in [0, 0.1) is 0 Å². The van der Waals surface area contributed by atoms with Gasteiger partial charge < -0.3 is 24.7 Å². The number of pyridine rings is 1. The number of aliphatic hydroxyl groups excluding tert-OH is 2. The van der Waals surface area contributed by atoms with Gasteiger partial charge in [0.15, 0.2) is 0 Å². The smallest absolute Gasteiger partial charge is 0.254 e. The summed E-state index contributed by atoms with van der Waals surface area (Å²) in [5.74, 6) is 0.468. The predicted molar refractivity (Wildman–Crippen MR) is 149 cm³/mol. The molecule has 0 radical (unpaired) electrons. The first kappa shape index (κ1) is 28.1. The number of anilines is 1. The average molecular weight is 559 g/mol. The third-order valence-electron chi connectivity index (χ3n) is 6.52. The van der Waals surface area contributed by atoms with E-state index in [0.29, 0.717) is 53.2 Å². The number of aliphatic hydroxyl groups is 2. The zero-order chi connectivity index (χ0) is 27.2. The molecule has 8 nitrogen and oxygen atoms in total. The number of halogens is 2. The van der Waals surface area contributed by atoms with Crippen molar-refractivity contribution < 1.29 is 19.7 Å². The van der Waals surface area contributed by atoms with Gasteiger partial charge in [-0.2, -0.15) is 0 Å². The normalized spacial score (nSPS) is 16.8. The van der Waals surface area contributed by atoms with E-state index >= 15 is 0 Å². The first-order chi connectivity index (χ1) is 18.3. The Hall–Kier alpha value is -2.88. The highest BCUT2D eigenvalue weighted by Gasteiger charge is 2.31. The lowest BCUT2D eigenvalue weighted by Crippen LogP contribution is -2.49. The van der Waals surface area contributed by atoms with E-state index in [1.165, 1.54) is 11.1 Å². The zero-order valence-electron chi connectivity index (χ0n) is 21.4. The number of β-amino-alcohol motifs (C(OH)–C–C–N with tert-alkyl or cyclic N) is 1. The van der Waals surface area contributed by atoms with Crippen LogP contribution in [0.4, 0.5) is 5.69 Å². The number of hydrogen-bond donors (Lipinski definition) is 2. The summed E-state index contributed by atoms with van der Waals surface area (Å²) in [5.41, 5.74) is 2.96. The molecule has 1 saturated heterocycles. The second-order valence-corrected chi connectivity index (χ2v) is 10.2. The van der Waals surface area contributed by atoms with Crippen LogP contribution in [-0.4, -0.2) is 84.4 Å². The fraction of sp³-hybridized carbons (Fsp3) is 0.357. The van der Waals surface area contributed by atoms with Gasteiger partial charge >= 0.3 is 0 Å². The Bertz CT molecular complexity index is 1220. The Balaban J connectivity index is 1.52. The molecule has 2 aromatic carbocycles. The minimum absolute atomic E-state index is 0.0389. The summed E-state index contributed by atoms with van der Waals surface area (Å²) in [6.07, 6.45) is 0.702. The number of benzene rings is 2. The summed E-state index contributed by atoms with van der Waals surface area (Å²) in [4.78, 5) is 22.4. The summed E-state index contributed by atoms with van der Waals surface area (Å²) >= 11 is 12.8. The maximum Gasteiger partial charge on any atom is 0.254 e. The standard InChI is InChI=1S/C28H32Cl2N4O4/c1-32(2)28(37)20-5-9-24(31-16-20)27(36)18-33-11-12-34(26(17-33)19-3-6-21(29)7-4-19)25-10-8-22(15-23(25)30)38-14-13-35/h3-10,15-16,26-27,35-36H,11-14,17-18H2,1-2H3/t26-,27?/m0/s1. The third kappa shape index (κ3) is 6.76. The van der Waals surface area contributed by atoms with E-state index in [2.05, 4.69) is 14.8 Å². The fourth-order valence-electron chi connectivity index (χ4n) is 4.56. The van der Waals surface area contributed by atoms with Crippen LogP contribution in [0.3, 0.4) is 0 Å². The number of amides is 1. The molecule has 38 heavy (non-hydrogen) atoms. The van der Waals surface area contributed by atoms with Crippen LogP contribution in [0.15, 0.2) is 60.8 Å². The van der Waals surface area contributed by atoms with Crippen molar-refractivity contribution >= 4 is 34.8 Å². The molecule has 202 valence electrons. The van der Waals surface area contributed by atoms with Crippen LogP contribution in [0.2, 0.25) is 10.0 Å². The number of rotatable bonds is 9. The molecular weight excluding hydrogens is 527 g/mol. The zero-order valence-corrected chi connectivity index (χ0v) is 22.9. The van der Waals surface area contributed by atoms with Crippen molar-refractivity contribution in [3.8, 4) is 5.75 Å². The van der Waals surface area contributed by atoms with E-state index < -0.39 is 6.10 Å². The number of carbonyl (C=O) groups is 1. The number of piperazine rings is 1. The monoisotopic (exact) mass is 558 g/mol. The maximum atomic E-state index is 12.1. The van der Waals surface area contributed by atoms with Crippen molar-refractivity contribution in [2.24, 2.45) is 0 Å². The molecule has 0 bridgehead atoms. The van der Waals surface area contributed by atoms with Gasteiger partial charge in [-0.25, -0.2) is 0 Å². The molecule has 0 aliphatic carbocycles. The molecule has 3 aromatic rings. The highest BCUT2D eigenvalue weighted by molar-refractivity contribution is 6.33. The minimum atomic E-state index is -0.803. The van der Waals surface area contributed by atoms with Gasteiger partial charge in [-0.05, 0) is 42.0 Å². The highest BCUT2D eigenvalue weighted by atomic mass is 35.5. The van der Waals surface area contributed by atoms with E-state index in [4.69, 9.17) is 33.0 Å². The molecule has 1 amide bonds. The van der Waals surface area contributed by atoms with Gasteiger partial charge in [0.25, 0.3) is 5.91 Å². The van der Waals surface area contributed by atoms with Crippen LogP contribution in [0.5, 0.6) is 5.75 Å². The second kappa shape index (κ2) is 12.8. The van der Waals surface area contributed by atoms with Crippen molar-refractivity contribution in [2.45, 2.75) is 12.1 Å². The van der Waals surface area contributed by atoms with Crippen LogP contribution < -0.4 is 9.64 Å². The van der Waals surface area contributed by atoms with Crippen LogP contribution in [0.1, 0.15) is 33.8 Å². The number of aromatic nitrogens is 1. The molecule has 1 aromatic heterocycles. The predicted octanol–water partition coefficient (Wildman–Crippen LogP) is 4.06. The lowest BCUT2D eigenvalue weighted by Gasteiger charge is -2.44. The molecule has 1 aliphatic heterocycles. The van der Waals surface area contributed by atoms with E-state index in [-0.39, 0.29) is 25.2 Å². The Morgan fingerprint density at radius 3 is 2.53 bits per heavy atom. The SMILES string of the molecule is CN(C)C(=O)c1ccc(C(O)CN2CCN(c3ccc(OCCO)cc3Cl)[C@H](c3ccc(Cl)cc3)C2)nc1. The van der Waals surface area contributed by atoms with E-state index in [1.807, 2.05) is 36.4 Å². The van der Waals surface area contributed by atoms with Crippen LogP contribution in [0.25, 0.3) is 0 Å². The summed E-state index contributed by atoms with van der Waals surface area (Å²) in [5, 5.41) is 21.2. The summed E-state index contributed by atoms with van der Waals surface area (Å²) in [6, 6.07) is 16.7. The summed E-state index contributed by atoms with van der Waals surface area (Å²) < 4.78 is 5.51. The topological polar surface area (TPSA) is 89.4 Å². The van der Waals surface area contributed by atoms with Gasteiger partial charge in [0.2, 0.25) is 0 Å². The second-order valence-electron chi connectivity index (χ2n) is 9.39. The van der Waals surface area contributed by atoms with Crippen LogP contribution in [-0.2, 0) is 0 Å². The molecule has 1 aliphatic rings. The first-order valence-corrected chi connectivity index (χ1v) is 13.2. The Morgan fingerprint density at radius 1 is 1.13 bits per heavy atom. The summed E-state index contributed by atoms with van der Waals surface area (Å²) in [7, 11) is 3.38. The van der Waals surface area contributed by atoms with E-state index in [0.717, 1.165) is 11.3 Å². The van der Waals surface area contributed by atoms with Gasteiger partial charge in [-0.3, -0.25) is 14.7 Å². The molecular formula is C28H32Cl2N4O4. The van der Waals surface area contributed by atoms with Crippen molar-refractivity contribution in [3.63, 3.8) is 0 Å². The maximum absolute atomic E-state index is 12.1. The first-order valence-electron chi connectivity index (χ1n) is 12.4. The number of carbonyl (C=O) groups excluding carboxylic acids is 1. The Labute approximate surface area is 233 Å². The van der Waals surface area contributed by atoms with Gasteiger partial charge in [0.05, 0.1) is 34.6 Å². The van der Waals surface area contributed by atoms with Crippen molar-refractivity contribution in [3.05, 3.63) is 87.7 Å². The molecule has 1 fully saturated rings. The lowest BCUT2D eigenvalue weighted by molar-refractivity contribution is 0.0825. The molecule has 2 heterocycles. The highest BCUT2D eigenvalue weighted by Crippen LogP contribution is 2.37. The van der Waals surface area contributed by atoms with E-state index in [1.54, 1.807) is 32.3 Å². The summed E-state index contributed by atoms with van der Waals surface area (Å²) in [6.45, 7) is 2.56. The molecule has 0 saturated carbocycles. The molecule has 1 unspecified atom stereocenters. The molecule has 4 rings (SSSR count). The van der Waals surface area contributed by atoms with Crippen molar-refractivity contribution in [1.29, 1.82) is 0 Å². The third-order valence-corrected chi connectivity index (χ3v) is 7.07. The van der Waals surface area contributed by atoms with Crippen LogP contribution >= 0.6 is 23.2 Å². The molecule has 2 N–H and O–H groups in total. The van der Waals surface area contributed by atoms with Gasteiger partial charge in [0, 0.05) is 57.6 Å². The molecule has 10 heteroatoms. The largest absolute Gasteiger partial charge is 0.491 e. The lowest BCUT2D eigenvalue weighted by atomic mass is 10.0. The van der Waals surface area contributed by atoms with E-state index in [9.17, 15) is 9.90 Å². The van der Waals surface area contributed by atoms with Gasteiger partial charge in [0.1, 0.15) is 18.5 Å². The quantitative estimate of drug-likeness (QED) is 0.409. The molecule has 2 atom stereocenters.